The molecule has 0 aliphatic carbocycles. The van der Waals surface area contributed by atoms with Gasteiger partial charge < -0.3 is 19.8 Å². The number of benzene rings is 2. The number of hydrogen-bond donors (Lipinski definition) is 2. The standard InChI is InChI=1S/C28H19F2N5O4S/c1-2-38-24-22(27(37)35(28-23(24)33-14-40-28)17-6-3-15(29)4-7-17)26(36)34-16-5-8-21(19(30)13-16)39-20-10-12-32-25-18(20)9-11-31-25/h3-14H,2H2,1H3,(H,31,32)(H,34,36). The van der Waals surface area contributed by atoms with Crippen LogP contribution in [0.5, 0.6) is 17.2 Å². The van der Waals surface area contributed by atoms with E-state index in [1.54, 1.807) is 25.3 Å². The quantitative estimate of drug-likeness (QED) is 0.247. The summed E-state index contributed by atoms with van der Waals surface area (Å²) >= 11 is 1.17. The number of carbonyl (C=O) groups excluding carboxylic acids is 1. The molecule has 1 amide bonds. The van der Waals surface area contributed by atoms with Crippen molar-refractivity contribution in [2.45, 2.75) is 6.92 Å². The van der Waals surface area contributed by atoms with Gasteiger partial charge in [-0.05, 0) is 55.5 Å². The van der Waals surface area contributed by atoms with Gasteiger partial charge in [-0.3, -0.25) is 14.2 Å². The molecule has 0 fully saturated rings. The first-order valence-electron chi connectivity index (χ1n) is 12.1. The van der Waals surface area contributed by atoms with Crippen molar-refractivity contribution in [2.75, 3.05) is 11.9 Å². The van der Waals surface area contributed by atoms with E-state index in [4.69, 9.17) is 9.47 Å². The van der Waals surface area contributed by atoms with Crippen LogP contribution >= 0.6 is 11.3 Å². The van der Waals surface area contributed by atoms with Crippen LogP contribution in [-0.4, -0.2) is 32.0 Å². The number of nitrogens with one attached hydrogen (secondary N) is 2. The Morgan fingerprint density at radius 3 is 2.67 bits per heavy atom. The fourth-order valence-corrected chi connectivity index (χ4v) is 5.09. The number of H-pyrrole nitrogens is 1. The molecule has 40 heavy (non-hydrogen) atoms. The van der Waals surface area contributed by atoms with Gasteiger partial charge in [0.25, 0.3) is 11.5 Å². The van der Waals surface area contributed by atoms with Gasteiger partial charge in [-0.15, -0.1) is 11.3 Å². The number of fused-ring (bicyclic) bond motifs is 2. The van der Waals surface area contributed by atoms with Crippen LogP contribution in [-0.2, 0) is 0 Å². The molecule has 0 saturated heterocycles. The summed E-state index contributed by atoms with van der Waals surface area (Å²) in [6.07, 6.45) is 3.23. The smallest absolute Gasteiger partial charge is 0.273 e. The minimum atomic E-state index is -0.824. The molecule has 0 aliphatic rings. The zero-order chi connectivity index (χ0) is 27.8. The molecule has 0 saturated carbocycles. The highest BCUT2D eigenvalue weighted by molar-refractivity contribution is 7.16. The number of amides is 1. The van der Waals surface area contributed by atoms with E-state index in [0.717, 1.165) is 6.07 Å². The van der Waals surface area contributed by atoms with E-state index in [0.29, 0.717) is 32.8 Å². The largest absolute Gasteiger partial charge is 0.490 e. The molecule has 2 aromatic carbocycles. The van der Waals surface area contributed by atoms with Crippen LogP contribution in [0.2, 0.25) is 0 Å². The number of ether oxygens (including phenoxy) is 2. The molecule has 12 heteroatoms. The number of aromatic amines is 1. The van der Waals surface area contributed by atoms with Gasteiger partial charge in [-0.2, -0.15) is 0 Å². The molecule has 0 atom stereocenters. The van der Waals surface area contributed by atoms with Gasteiger partial charge in [-0.25, -0.2) is 18.7 Å². The Hall–Kier alpha value is -5.10. The highest BCUT2D eigenvalue weighted by Gasteiger charge is 2.26. The fraction of sp³-hybridized carbons (Fsp3) is 0.0714. The van der Waals surface area contributed by atoms with Crippen molar-refractivity contribution in [1.29, 1.82) is 0 Å². The number of pyridine rings is 2. The molecular formula is C28H19F2N5O4S. The number of halogens is 2. The fourth-order valence-electron chi connectivity index (χ4n) is 4.28. The van der Waals surface area contributed by atoms with Gasteiger partial charge in [0.2, 0.25) is 0 Å². The Bertz CT molecular complexity index is 1950. The summed E-state index contributed by atoms with van der Waals surface area (Å²) in [6.45, 7) is 1.88. The average molecular weight is 560 g/mol. The summed E-state index contributed by atoms with van der Waals surface area (Å²) < 4.78 is 41.4. The Balaban J connectivity index is 1.36. The topological polar surface area (TPSA) is 111 Å². The van der Waals surface area contributed by atoms with Crippen molar-refractivity contribution >= 4 is 44.3 Å². The first-order valence-corrected chi connectivity index (χ1v) is 12.9. The summed E-state index contributed by atoms with van der Waals surface area (Å²) in [7, 11) is 0. The predicted molar refractivity (Wildman–Crippen MR) is 147 cm³/mol. The Labute approximate surface area is 228 Å². The molecule has 4 aromatic heterocycles. The van der Waals surface area contributed by atoms with E-state index in [-0.39, 0.29) is 29.4 Å². The zero-order valence-electron chi connectivity index (χ0n) is 20.8. The number of rotatable bonds is 7. The zero-order valence-corrected chi connectivity index (χ0v) is 21.6. The molecule has 2 N–H and O–H groups in total. The lowest BCUT2D eigenvalue weighted by atomic mass is 10.2. The molecule has 0 bridgehead atoms. The van der Waals surface area contributed by atoms with Gasteiger partial charge >= 0.3 is 0 Å². The lowest BCUT2D eigenvalue weighted by Gasteiger charge is -2.15. The van der Waals surface area contributed by atoms with Crippen LogP contribution in [0.4, 0.5) is 14.5 Å². The van der Waals surface area contributed by atoms with Crippen molar-refractivity contribution in [3.05, 3.63) is 100 Å². The first-order chi connectivity index (χ1) is 19.4. The lowest BCUT2D eigenvalue weighted by Crippen LogP contribution is -2.29. The third-order valence-electron chi connectivity index (χ3n) is 6.04. The third kappa shape index (κ3) is 4.43. The minimum Gasteiger partial charge on any atom is -0.490 e. The van der Waals surface area contributed by atoms with Crippen molar-refractivity contribution < 1.29 is 23.0 Å². The van der Waals surface area contributed by atoms with Crippen molar-refractivity contribution in [3.8, 4) is 22.9 Å². The molecular weight excluding hydrogens is 540 g/mol. The van der Waals surface area contributed by atoms with E-state index >= 15 is 4.39 Å². The van der Waals surface area contributed by atoms with Gasteiger partial charge in [0, 0.05) is 24.1 Å². The van der Waals surface area contributed by atoms with Crippen LogP contribution in [0.25, 0.3) is 27.1 Å². The molecule has 6 aromatic rings. The van der Waals surface area contributed by atoms with Crippen molar-refractivity contribution in [1.82, 2.24) is 19.5 Å². The summed E-state index contributed by atoms with van der Waals surface area (Å²) in [6, 6.07) is 12.6. The Kier molecular flexibility index (Phi) is 6.44. The summed E-state index contributed by atoms with van der Waals surface area (Å²) in [5.41, 5.74) is 1.82. The number of anilines is 1. The van der Waals surface area contributed by atoms with Crippen LogP contribution < -0.4 is 20.3 Å². The molecule has 6 rings (SSSR count). The Morgan fingerprint density at radius 1 is 1.07 bits per heavy atom. The average Bonchev–Trinajstić information content (AvgIpc) is 3.62. The summed E-state index contributed by atoms with van der Waals surface area (Å²) in [4.78, 5) is 39.1. The predicted octanol–water partition coefficient (Wildman–Crippen LogP) is 6.05. The highest BCUT2D eigenvalue weighted by atomic mass is 32.1. The minimum absolute atomic E-state index is 0.00763. The van der Waals surface area contributed by atoms with E-state index in [9.17, 15) is 14.0 Å². The van der Waals surface area contributed by atoms with Gasteiger partial charge in [0.15, 0.2) is 17.3 Å². The van der Waals surface area contributed by atoms with Gasteiger partial charge in [0.1, 0.15) is 33.1 Å². The molecule has 0 unspecified atom stereocenters. The number of hydrogen-bond acceptors (Lipinski definition) is 7. The molecule has 0 radical (unpaired) electrons. The first kappa shape index (κ1) is 25.2. The number of aromatic nitrogens is 4. The maximum Gasteiger partial charge on any atom is 0.273 e. The second-order valence-corrected chi connectivity index (χ2v) is 9.34. The molecule has 200 valence electrons. The van der Waals surface area contributed by atoms with Crippen LogP contribution in [0.1, 0.15) is 17.3 Å². The number of thiazole rings is 1. The summed E-state index contributed by atoms with van der Waals surface area (Å²) in [5, 5.41) is 3.25. The van der Waals surface area contributed by atoms with E-state index < -0.39 is 23.1 Å². The van der Waals surface area contributed by atoms with Crippen LogP contribution in [0, 0.1) is 11.6 Å². The summed E-state index contributed by atoms with van der Waals surface area (Å²) in [5.74, 6) is -1.69. The molecule has 0 spiro atoms. The van der Waals surface area contributed by atoms with Crippen LogP contribution in [0.15, 0.2) is 77.3 Å². The van der Waals surface area contributed by atoms with E-state index in [1.807, 2.05) is 0 Å². The lowest BCUT2D eigenvalue weighted by molar-refractivity contribution is 0.102. The second-order valence-electron chi connectivity index (χ2n) is 8.51. The second kappa shape index (κ2) is 10.2. The monoisotopic (exact) mass is 559 g/mol. The third-order valence-corrected chi connectivity index (χ3v) is 6.85. The number of nitrogens with zero attached hydrogens (tertiary/aromatic N) is 3. The maximum atomic E-state index is 15.0. The SMILES string of the molecule is CCOc1c(C(=O)Nc2ccc(Oc3ccnc4[nH]ccc34)c(F)c2)c(=O)n(-c2ccc(F)cc2)c2scnc12. The van der Waals surface area contributed by atoms with Gasteiger partial charge in [0.05, 0.1) is 23.2 Å². The van der Waals surface area contributed by atoms with Gasteiger partial charge in [-0.1, -0.05) is 0 Å². The molecule has 4 heterocycles. The van der Waals surface area contributed by atoms with E-state index in [2.05, 4.69) is 20.3 Å². The molecule has 0 aliphatic heterocycles. The molecule has 9 nitrogen and oxygen atoms in total. The van der Waals surface area contributed by atoms with Crippen molar-refractivity contribution in [2.24, 2.45) is 0 Å². The van der Waals surface area contributed by atoms with Crippen molar-refractivity contribution in [3.63, 3.8) is 0 Å². The highest BCUT2D eigenvalue weighted by Crippen LogP contribution is 2.33. The number of carbonyl (C=O) groups is 1. The Morgan fingerprint density at radius 2 is 1.90 bits per heavy atom. The van der Waals surface area contributed by atoms with E-state index in [1.165, 1.54) is 64.0 Å². The van der Waals surface area contributed by atoms with Crippen LogP contribution in [0.3, 0.4) is 0 Å². The maximum absolute atomic E-state index is 15.0. The normalized spacial score (nSPS) is 11.2.